The standard InChI is InChI=1S/C6H4F3O3S.C5H5.Fe/c7-6(8,9)4-2-1-3-5(4)13(10,11)12;1-2-4-5-3-1;/h1-3H,(H,10,11,12);1-5H;. The van der Waals surface area contributed by atoms with Crippen LogP contribution in [-0.2, 0) is 16.6 Å². The molecule has 0 amide bonds. The van der Waals surface area contributed by atoms with E-state index in [2.05, 4.69) is 0 Å². The Hall–Kier alpha value is 0.219. The third-order valence-corrected chi connectivity index (χ3v) is 63.3. The summed E-state index contributed by atoms with van der Waals surface area (Å²) < 4.78 is 72.8. The maximum atomic E-state index is 14.0. The van der Waals surface area contributed by atoms with Crippen molar-refractivity contribution in [3.8, 4) is 0 Å². The molecule has 10 heterocycles. The van der Waals surface area contributed by atoms with Crippen LogP contribution in [0.3, 0.4) is 0 Å². The number of hydrogen-bond donors (Lipinski definition) is 1. The monoisotopic (exact) mass is 334 g/mol. The molecule has 0 radical (unpaired) electrons. The summed E-state index contributed by atoms with van der Waals surface area (Å²) in [6, 6.07) is 0. The van der Waals surface area contributed by atoms with Gasteiger partial charge >= 0.3 is 95.4 Å². The van der Waals surface area contributed by atoms with Crippen molar-refractivity contribution in [3.05, 3.63) is 0 Å². The molecule has 0 aromatic carbocycles. The van der Waals surface area contributed by atoms with E-state index in [9.17, 15) is 26.1 Å². The van der Waals surface area contributed by atoms with Gasteiger partial charge in [0.05, 0.1) is 0 Å². The van der Waals surface area contributed by atoms with Gasteiger partial charge in [-0.05, 0) is 0 Å². The van der Waals surface area contributed by atoms with Crippen LogP contribution in [0.5, 0.6) is 0 Å². The topological polar surface area (TPSA) is 54.4 Å². The summed E-state index contributed by atoms with van der Waals surface area (Å²) in [6.45, 7) is -5.05. The van der Waals surface area contributed by atoms with E-state index in [-0.39, 0.29) is 38.5 Å². The predicted molar refractivity (Wildman–Crippen MR) is 53.0 cm³/mol. The number of hydrogen-bond acceptors (Lipinski definition) is 2. The van der Waals surface area contributed by atoms with Crippen LogP contribution in [0.4, 0.5) is 13.2 Å². The zero-order chi connectivity index (χ0) is 12.9. The Balaban J connectivity index is 1.73. The van der Waals surface area contributed by atoms with Crippen molar-refractivity contribution in [3.63, 3.8) is 0 Å². The van der Waals surface area contributed by atoms with Gasteiger partial charge in [-0.2, -0.15) is 0 Å². The van der Waals surface area contributed by atoms with Crippen molar-refractivity contribution < 1.29 is 32.7 Å². The molecule has 0 saturated carbocycles. The molecule has 0 aromatic heterocycles. The zero-order valence-corrected chi connectivity index (χ0v) is 11.2. The van der Waals surface area contributed by atoms with Gasteiger partial charge in [0.2, 0.25) is 0 Å². The third kappa shape index (κ3) is 0.0797. The molecule has 10 fully saturated rings. The first-order valence-electron chi connectivity index (χ1n) is 6.68. The summed E-state index contributed by atoms with van der Waals surface area (Å²) in [5.41, 5.74) is 0. The SMILES string of the molecule is O=S(=O)(O)[C]12[CH]3[CH]4[CH]5[C]1(C(F)(F)F)[Fe]45321678[CH]2[CH]1[CH]6[CH]7[CH]28. The first kappa shape index (κ1) is 8.01. The fourth-order valence-electron chi connectivity index (χ4n) is 17.9. The molecule has 3 nitrogen and oxygen atoms in total. The summed E-state index contributed by atoms with van der Waals surface area (Å²) in [4.78, 5) is 0.849. The van der Waals surface area contributed by atoms with Crippen LogP contribution in [-0.4, -0.2) is 22.8 Å². The van der Waals surface area contributed by atoms with Gasteiger partial charge in [-0.25, -0.2) is 0 Å². The predicted octanol–water partition coefficient (Wildman–Crippen LogP) is 3.10. The van der Waals surface area contributed by atoms with Crippen LogP contribution in [0.1, 0.15) is 0 Å². The van der Waals surface area contributed by atoms with Crippen LogP contribution in [0.15, 0.2) is 0 Å². The van der Waals surface area contributed by atoms with Gasteiger partial charge in [0.25, 0.3) is 0 Å². The van der Waals surface area contributed by atoms with Gasteiger partial charge in [-0.1, -0.05) is 0 Å². The Kier molecular flexibility index (Phi) is 0.262. The number of fused-ring (bicyclic) bond motifs is 10. The van der Waals surface area contributed by atoms with E-state index in [1.807, 2.05) is 0 Å². The van der Waals surface area contributed by atoms with Crippen molar-refractivity contribution >= 4 is 10.1 Å². The minimum atomic E-state index is -5.05. The first-order valence-corrected chi connectivity index (χ1v) is 14.3. The van der Waals surface area contributed by atoms with Crippen molar-refractivity contribution in [1.29, 1.82) is 0 Å². The molecule has 5 atom stereocenters. The van der Waals surface area contributed by atoms with Gasteiger partial charge in [0.1, 0.15) is 0 Å². The minimum absolute atomic E-state index is 0.127. The summed E-state index contributed by atoms with van der Waals surface area (Å²) in [5.74, 6) is 0. The number of alkyl halides is 3. The van der Waals surface area contributed by atoms with Gasteiger partial charge in [0, 0.05) is 0 Å². The number of halogens is 3. The Morgan fingerprint density at radius 2 is 1.42 bits per heavy atom. The van der Waals surface area contributed by atoms with Crippen LogP contribution in [0.25, 0.3) is 0 Å². The van der Waals surface area contributed by atoms with Crippen molar-refractivity contribution in [2.24, 2.45) is 0 Å². The number of rotatable bonds is 1. The van der Waals surface area contributed by atoms with E-state index in [4.69, 9.17) is 0 Å². The molecule has 1 spiro atoms. The fourth-order valence-corrected chi connectivity index (χ4v) is 105. The molecule has 10 aliphatic heterocycles. The Labute approximate surface area is 95.5 Å². The summed E-state index contributed by atoms with van der Waals surface area (Å²) in [6.07, 6.45) is -4.38. The van der Waals surface area contributed by atoms with Crippen molar-refractivity contribution in [1.82, 2.24) is 0 Å². The van der Waals surface area contributed by atoms with Crippen LogP contribution >= 0.6 is 0 Å². The Morgan fingerprint density at radius 1 is 0.947 bits per heavy atom. The maximum absolute atomic E-state index is 14.0. The van der Waals surface area contributed by atoms with E-state index < -0.39 is 30.8 Å². The van der Waals surface area contributed by atoms with E-state index >= 15 is 0 Å². The Morgan fingerprint density at radius 3 is 1.58 bits per heavy atom. The second kappa shape index (κ2) is 0.622. The van der Waals surface area contributed by atoms with Crippen LogP contribution in [0, 0.1) is 0 Å². The van der Waals surface area contributed by atoms with Gasteiger partial charge in [0.15, 0.2) is 0 Å². The first-order chi connectivity index (χ1) is 8.44. The molecule has 10 aliphatic rings. The molecule has 106 valence electrons. The van der Waals surface area contributed by atoms with E-state index in [1.165, 1.54) is 0 Å². The van der Waals surface area contributed by atoms with Gasteiger partial charge in [-0.15, -0.1) is 0 Å². The summed E-state index contributed by atoms with van der Waals surface area (Å²) in [5, 5.41) is 0. The molecule has 0 bridgehead atoms. The fraction of sp³-hybridized carbons (Fsp3) is 1.00. The summed E-state index contributed by atoms with van der Waals surface area (Å²) >= 11 is 0. The van der Waals surface area contributed by atoms with E-state index in [0.29, 0.717) is 0 Å². The van der Waals surface area contributed by atoms with Crippen LogP contribution in [0.2, 0.25) is 42.8 Å². The van der Waals surface area contributed by atoms with Gasteiger partial charge in [-0.3, -0.25) is 0 Å². The molecule has 1 N–H and O–H groups in total. The average Bonchev–Trinajstić information content (AvgIpc) is 3.21. The molecular weight excluding hydrogens is 325 g/mol. The molecule has 0 aromatic rings. The molecule has 8 heteroatoms. The normalized spacial score (nSPS) is 114. The average molecular weight is 334 g/mol. The van der Waals surface area contributed by atoms with Crippen LogP contribution < -0.4 is 0 Å². The van der Waals surface area contributed by atoms with E-state index in [1.54, 1.807) is 0 Å². The molecule has 10 rings (SSSR count). The Bertz CT molecular complexity index is 1190. The second-order valence-corrected chi connectivity index (χ2v) is 35.8. The summed E-state index contributed by atoms with van der Waals surface area (Å²) in [7, 11) is -4.55. The second-order valence-electron chi connectivity index (χ2n) is 10.7. The molecule has 19 heavy (non-hydrogen) atoms. The molecule has 5 unspecified atom stereocenters. The quantitative estimate of drug-likeness (QED) is 0.592. The molecule has 0 aliphatic carbocycles. The van der Waals surface area contributed by atoms with E-state index in [0.717, 1.165) is 0 Å². The van der Waals surface area contributed by atoms with Gasteiger partial charge < -0.3 is 0 Å². The molecular formula is C11H9F3FeO3S. The third-order valence-electron chi connectivity index (χ3n) is 15.5. The molecule has 10 saturated heterocycles. The zero-order valence-electron chi connectivity index (χ0n) is 9.28. The van der Waals surface area contributed by atoms with Crippen molar-refractivity contribution in [2.45, 2.75) is 52.7 Å². The van der Waals surface area contributed by atoms with Crippen molar-refractivity contribution in [2.75, 3.05) is 0 Å².